The van der Waals surface area contributed by atoms with E-state index >= 15 is 0 Å². The molecule has 0 amide bonds. The van der Waals surface area contributed by atoms with E-state index in [9.17, 15) is 9.90 Å². The number of hydrogen-bond donors (Lipinski definition) is 2. The molecule has 0 bridgehead atoms. The first-order chi connectivity index (χ1) is 8.50. The molecule has 18 heavy (non-hydrogen) atoms. The van der Waals surface area contributed by atoms with Crippen molar-refractivity contribution in [3.8, 4) is 0 Å². The van der Waals surface area contributed by atoms with Gasteiger partial charge in [0, 0.05) is 15.1 Å². The van der Waals surface area contributed by atoms with Gasteiger partial charge in [-0.2, -0.15) is 0 Å². The van der Waals surface area contributed by atoms with Crippen LogP contribution in [0, 0.1) is 0 Å². The van der Waals surface area contributed by atoms with Crippen LogP contribution in [0.5, 0.6) is 0 Å². The maximum absolute atomic E-state index is 10.9. The molecule has 1 aromatic heterocycles. The fourth-order valence-electron chi connectivity index (χ4n) is 1.57. The van der Waals surface area contributed by atoms with E-state index in [2.05, 4.69) is 15.9 Å². The molecular weight excluding hydrogens is 323 g/mol. The zero-order chi connectivity index (χ0) is 13.3. The minimum absolute atomic E-state index is 0.0354. The van der Waals surface area contributed by atoms with Gasteiger partial charge >= 0.3 is 5.97 Å². The highest BCUT2D eigenvalue weighted by molar-refractivity contribution is 9.10. The van der Waals surface area contributed by atoms with E-state index in [1.807, 2.05) is 0 Å². The third kappa shape index (κ3) is 2.43. The molecule has 1 heterocycles. The van der Waals surface area contributed by atoms with Crippen molar-refractivity contribution in [3.63, 3.8) is 0 Å². The molecule has 0 fully saturated rings. The maximum atomic E-state index is 10.9. The summed E-state index contributed by atoms with van der Waals surface area (Å²) in [6, 6.07) is 6.20. The number of carbonyl (C=O) groups is 1. The standard InChI is InChI=1S/C12H8BrClO4/c13-6-1-2-7(9(14)5-6)10(15)11-8(12(16)17)3-4-18-11/h1-5,10,15H,(H,16,17). The van der Waals surface area contributed by atoms with E-state index in [-0.39, 0.29) is 11.3 Å². The molecule has 6 heteroatoms. The Morgan fingerprint density at radius 3 is 2.72 bits per heavy atom. The average Bonchev–Trinajstić information content (AvgIpc) is 2.77. The maximum Gasteiger partial charge on any atom is 0.339 e. The quantitative estimate of drug-likeness (QED) is 0.903. The van der Waals surface area contributed by atoms with Crippen LogP contribution >= 0.6 is 27.5 Å². The number of carboxylic acid groups (broad SMARTS) is 1. The summed E-state index contributed by atoms with van der Waals surface area (Å²) in [7, 11) is 0. The Kier molecular flexibility index (Phi) is 3.75. The molecule has 94 valence electrons. The van der Waals surface area contributed by atoms with Gasteiger partial charge in [0.1, 0.15) is 11.7 Å². The minimum atomic E-state index is -1.22. The molecule has 0 aliphatic carbocycles. The smallest absolute Gasteiger partial charge is 0.339 e. The highest BCUT2D eigenvalue weighted by atomic mass is 79.9. The van der Waals surface area contributed by atoms with E-state index in [0.29, 0.717) is 10.6 Å². The van der Waals surface area contributed by atoms with E-state index in [0.717, 1.165) is 4.47 Å². The molecule has 0 aliphatic rings. The zero-order valence-corrected chi connectivity index (χ0v) is 11.3. The monoisotopic (exact) mass is 330 g/mol. The number of aliphatic hydroxyl groups is 1. The molecule has 0 saturated heterocycles. The van der Waals surface area contributed by atoms with Crippen molar-refractivity contribution in [3.05, 3.63) is 56.9 Å². The molecule has 2 N–H and O–H groups in total. The molecule has 2 aromatic rings. The Balaban J connectivity index is 2.44. The van der Waals surface area contributed by atoms with E-state index in [1.165, 1.54) is 12.3 Å². The van der Waals surface area contributed by atoms with Crippen LogP contribution in [-0.2, 0) is 0 Å². The lowest BCUT2D eigenvalue weighted by molar-refractivity contribution is 0.0687. The largest absolute Gasteiger partial charge is 0.478 e. The molecule has 1 atom stereocenters. The Labute approximate surface area is 116 Å². The predicted molar refractivity (Wildman–Crippen MR) is 68.9 cm³/mol. The molecule has 1 aromatic carbocycles. The number of carboxylic acids is 1. The highest BCUT2D eigenvalue weighted by Gasteiger charge is 2.23. The van der Waals surface area contributed by atoms with Gasteiger partial charge in [0.25, 0.3) is 0 Å². The average molecular weight is 332 g/mol. The predicted octanol–water partition coefficient (Wildman–Crippen LogP) is 3.48. The molecule has 0 saturated carbocycles. The number of hydrogen-bond acceptors (Lipinski definition) is 3. The second kappa shape index (κ2) is 5.14. The van der Waals surface area contributed by atoms with Gasteiger partial charge in [0.15, 0.2) is 5.76 Å². The summed E-state index contributed by atoms with van der Waals surface area (Å²) >= 11 is 9.24. The lowest BCUT2D eigenvalue weighted by atomic mass is 10.0. The fraction of sp³-hybridized carbons (Fsp3) is 0.0833. The van der Waals surface area contributed by atoms with Crippen molar-refractivity contribution in [2.45, 2.75) is 6.10 Å². The van der Waals surface area contributed by atoms with Gasteiger partial charge in [-0.25, -0.2) is 4.79 Å². The van der Waals surface area contributed by atoms with E-state index < -0.39 is 12.1 Å². The van der Waals surface area contributed by atoms with Gasteiger partial charge in [-0.1, -0.05) is 33.6 Å². The Bertz CT molecular complexity index is 594. The number of furan rings is 1. The van der Waals surface area contributed by atoms with Gasteiger partial charge in [0.05, 0.1) is 6.26 Å². The van der Waals surface area contributed by atoms with Gasteiger partial charge in [-0.3, -0.25) is 0 Å². The Morgan fingerprint density at radius 2 is 2.11 bits per heavy atom. The summed E-state index contributed by atoms with van der Waals surface area (Å²) in [5.41, 5.74) is 0.304. The Hall–Kier alpha value is -1.30. The number of halogens is 2. The minimum Gasteiger partial charge on any atom is -0.478 e. The molecule has 0 aliphatic heterocycles. The third-order valence-corrected chi connectivity index (χ3v) is 3.25. The van der Waals surface area contributed by atoms with Gasteiger partial charge in [-0.15, -0.1) is 0 Å². The highest BCUT2D eigenvalue weighted by Crippen LogP contribution is 2.32. The van der Waals surface area contributed by atoms with Crippen molar-refractivity contribution >= 4 is 33.5 Å². The molecular formula is C12H8BrClO4. The molecule has 4 nitrogen and oxygen atoms in total. The fourth-order valence-corrected chi connectivity index (χ4v) is 2.35. The van der Waals surface area contributed by atoms with Crippen molar-refractivity contribution in [1.82, 2.24) is 0 Å². The SMILES string of the molecule is O=C(O)c1ccoc1C(O)c1ccc(Br)cc1Cl. The van der Waals surface area contributed by atoms with Crippen molar-refractivity contribution < 1.29 is 19.4 Å². The first kappa shape index (κ1) is 13.1. The summed E-state index contributed by atoms with van der Waals surface area (Å²) in [5, 5.41) is 19.4. The number of rotatable bonds is 3. The lowest BCUT2D eigenvalue weighted by Gasteiger charge is -2.11. The summed E-state index contributed by atoms with van der Waals surface area (Å²) in [6.45, 7) is 0. The lowest BCUT2D eigenvalue weighted by Crippen LogP contribution is -2.06. The van der Waals surface area contributed by atoms with E-state index in [1.54, 1.807) is 18.2 Å². The zero-order valence-electron chi connectivity index (χ0n) is 8.93. The summed E-state index contributed by atoms with van der Waals surface area (Å²) in [4.78, 5) is 10.9. The molecule has 2 rings (SSSR count). The van der Waals surface area contributed by atoms with Gasteiger partial charge in [-0.05, 0) is 18.2 Å². The third-order valence-electron chi connectivity index (χ3n) is 2.43. The number of benzene rings is 1. The summed E-state index contributed by atoms with van der Waals surface area (Å²) in [6.07, 6.45) is 0.00101. The molecule has 0 radical (unpaired) electrons. The number of aliphatic hydroxyl groups excluding tert-OH is 1. The second-order valence-electron chi connectivity index (χ2n) is 3.57. The molecule has 0 spiro atoms. The van der Waals surface area contributed by atoms with Gasteiger partial charge in [0.2, 0.25) is 0 Å². The van der Waals surface area contributed by atoms with Crippen LogP contribution in [0.1, 0.15) is 27.8 Å². The van der Waals surface area contributed by atoms with Crippen LogP contribution in [-0.4, -0.2) is 16.2 Å². The first-order valence-corrected chi connectivity index (χ1v) is 6.11. The van der Waals surface area contributed by atoms with Crippen LogP contribution < -0.4 is 0 Å². The van der Waals surface area contributed by atoms with Crippen LogP contribution in [0.15, 0.2) is 39.4 Å². The number of aromatic carboxylic acids is 1. The molecule has 1 unspecified atom stereocenters. The van der Waals surface area contributed by atoms with Crippen LogP contribution in [0.2, 0.25) is 5.02 Å². The van der Waals surface area contributed by atoms with E-state index in [4.69, 9.17) is 21.1 Å². The van der Waals surface area contributed by atoms with Crippen LogP contribution in [0.3, 0.4) is 0 Å². The van der Waals surface area contributed by atoms with Crippen molar-refractivity contribution in [2.75, 3.05) is 0 Å². The summed E-state index contributed by atoms with van der Waals surface area (Å²) in [5.74, 6) is -1.20. The summed E-state index contributed by atoms with van der Waals surface area (Å²) < 4.78 is 5.79. The topological polar surface area (TPSA) is 70.7 Å². The Morgan fingerprint density at radius 1 is 1.39 bits per heavy atom. The van der Waals surface area contributed by atoms with Crippen molar-refractivity contribution in [1.29, 1.82) is 0 Å². The van der Waals surface area contributed by atoms with Crippen LogP contribution in [0.25, 0.3) is 0 Å². The first-order valence-electron chi connectivity index (χ1n) is 4.94. The second-order valence-corrected chi connectivity index (χ2v) is 4.89. The van der Waals surface area contributed by atoms with Crippen molar-refractivity contribution in [2.24, 2.45) is 0 Å². The van der Waals surface area contributed by atoms with Crippen LogP contribution in [0.4, 0.5) is 0 Å². The normalized spacial score (nSPS) is 12.4. The van der Waals surface area contributed by atoms with Gasteiger partial charge < -0.3 is 14.6 Å².